The van der Waals surface area contributed by atoms with Crippen LogP contribution >= 0.6 is 0 Å². The molecule has 6 nitrogen and oxygen atoms in total. The van der Waals surface area contributed by atoms with Crippen LogP contribution < -0.4 is 5.32 Å². The zero-order valence-electron chi connectivity index (χ0n) is 15.1. The van der Waals surface area contributed by atoms with E-state index >= 15 is 0 Å². The Balaban J connectivity index is 2.64. The number of carboxylic acid groups (broad SMARTS) is 1. The Morgan fingerprint density at radius 3 is 2.33 bits per heavy atom. The molecule has 1 heterocycles. The smallest absolute Gasteiger partial charge is 0.317 e. The monoisotopic (exact) mass is 337 g/mol. The molecule has 0 aromatic carbocycles. The van der Waals surface area contributed by atoms with Gasteiger partial charge in [-0.2, -0.15) is 0 Å². The number of aliphatic carboxylic acids is 1. The highest BCUT2D eigenvalue weighted by Crippen LogP contribution is 2.30. The summed E-state index contributed by atoms with van der Waals surface area (Å²) in [6.07, 6.45) is 4.18. The van der Waals surface area contributed by atoms with Gasteiger partial charge in [-0.1, -0.05) is 26.0 Å². The van der Waals surface area contributed by atoms with E-state index in [9.17, 15) is 14.7 Å². The Kier molecular flexibility index (Phi) is 7.48. The Morgan fingerprint density at radius 1 is 1.33 bits per heavy atom. The molecule has 0 bridgehead atoms. The summed E-state index contributed by atoms with van der Waals surface area (Å²) in [5, 5.41) is 12.2. The lowest BCUT2D eigenvalue weighted by molar-refractivity contribution is -0.147. The van der Waals surface area contributed by atoms with Crippen LogP contribution in [0.25, 0.3) is 0 Å². The largest absolute Gasteiger partial charge is 0.481 e. The molecule has 136 valence electrons. The molecule has 1 fully saturated rings. The van der Waals surface area contributed by atoms with Crippen molar-refractivity contribution in [1.29, 1.82) is 0 Å². The van der Waals surface area contributed by atoms with Gasteiger partial charge in [-0.25, -0.2) is 4.79 Å². The van der Waals surface area contributed by atoms with Gasteiger partial charge in [0.05, 0.1) is 5.41 Å². The summed E-state index contributed by atoms with van der Waals surface area (Å²) in [5.41, 5.74) is -0.841. The SMILES string of the molecule is C=CCN(CC=C)C(CNC(=O)N1CCC(C)(C(=O)O)C1)C(C)C. The van der Waals surface area contributed by atoms with Crippen LogP contribution in [0.2, 0.25) is 0 Å². The maximum absolute atomic E-state index is 12.4. The summed E-state index contributed by atoms with van der Waals surface area (Å²) in [5.74, 6) is -0.492. The zero-order valence-corrected chi connectivity index (χ0v) is 15.1. The molecule has 0 saturated carbocycles. The van der Waals surface area contributed by atoms with Gasteiger partial charge in [-0.3, -0.25) is 9.69 Å². The number of nitrogens with zero attached hydrogens (tertiary/aromatic N) is 2. The Hall–Kier alpha value is -1.82. The summed E-state index contributed by atoms with van der Waals surface area (Å²) in [7, 11) is 0. The van der Waals surface area contributed by atoms with Crippen molar-refractivity contribution >= 4 is 12.0 Å². The summed E-state index contributed by atoms with van der Waals surface area (Å²) < 4.78 is 0. The summed E-state index contributed by atoms with van der Waals surface area (Å²) in [4.78, 5) is 27.5. The molecule has 2 N–H and O–H groups in total. The minimum Gasteiger partial charge on any atom is -0.481 e. The molecule has 0 aliphatic carbocycles. The number of hydrogen-bond donors (Lipinski definition) is 2. The lowest BCUT2D eigenvalue weighted by Crippen LogP contribution is -2.50. The Morgan fingerprint density at radius 2 is 1.92 bits per heavy atom. The highest BCUT2D eigenvalue weighted by atomic mass is 16.4. The number of hydrogen-bond acceptors (Lipinski definition) is 3. The van der Waals surface area contributed by atoms with Crippen molar-refractivity contribution in [3.63, 3.8) is 0 Å². The summed E-state index contributed by atoms with van der Waals surface area (Å²) in [6.45, 7) is 16.2. The fraction of sp³-hybridized carbons (Fsp3) is 0.667. The van der Waals surface area contributed by atoms with Crippen LogP contribution in [0.15, 0.2) is 25.3 Å². The second kappa shape index (κ2) is 8.87. The number of amides is 2. The maximum Gasteiger partial charge on any atom is 0.317 e. The van der Waals surface area contributed by atoms with Gasteiger partial charge >= 0.3 is 12.0 Å². The first-order chi connectivity index (χ1) is 11.2. The predicted molar refractivity (Wildman–Crippen MR) is 95.9 cm³/mol. The van der Waals surface area contributed by atoms with E-state index in [2.05, 4.69) is 37.2 Å². The van der Waals surface area contributed by atoms with Gasteiger partial charge < -0.3 is 15.3 Å². The van der Waals surface area contributed by atoms with Crippen molar-refractivity contribution in [2.75, 3.05) is 32.7 Å². The van der Waals surface area contributed by atoms with Crippen LogP contribution in [0.1, 0.15) is 27.2 Å². The van der Waals surface area contributed by atoms with Crippen molar-refractivity contribution in [2.24, 2.45) is 11.3 Å². The van der Waals surface area contributed by atoms with E-state index in [-0.39, 0.29) is 18.6 Å². The molecule has 0 aromatic rings. The Labute approximate surface area is 145 Å². The quantitative estimate of drug-likeness (QED) is 0.633. The molecule has 2 atom stereocenters. The average Bonchev–Trinajstić information content (AvgIpc) is 2.91. The van der Waals surface area contributed by atoms with Gasteiger partial charge in [0.1, 0.15) is 0 Å². The highest BCUT2D eigenvalue weighted by molar-refractivity contribution is 5.79. The van der Waals surface area contributed by atoms with Gasteiger partial charge in [0, 0.05) is 38.8 Å². The molecule has 1 rings (SSSR count). The maximum atomic E-state index is 12.4. The number of carbonyl (C=O) groups is 2. The zero-order chi connectivity index (χ0) is 18.3. The van der Waals surface area contributed by atoms with Crippen LogP contribution in [-0.2, 0) is 4.79 Å². The molecule has 2 unspecified atom stereocenters. The molecule has 0 radical (unpaired) electrons. The average molecular weight is 337 g/mol. The number of rotatable bonds is 9. The Bertz CT molecular complexity index is 468. The lowest BCUT2D eigenvalue weighted by Gasteiger charge is -2.33. The number of nitrogens with one attached hydrogen (secondary N) is 1. The predicted octanol–water partition coefficient (Wildman–Crippen LogP) is 2.19. The third kappa shape index (κ3) is 5.09. The minimum atomic E-state index is -0.846. The molecule has 1 aliphatic heterocycles. The van der Waals surface area contributed by atoms with Gasteiger partial charge in [-0.15, -0.1) is 13.2 Å². The van der Waals surface area contributed by atoms with E-state index in [1.54, 1.807) is 11.8 Å². The van der Waals surface area contributed by atoms with E-state index < -0.39 is 11.4 Å². The second-order valence-corrected chi connectivity index (χ2v) is 7.07. The molecule has 24 heavy (non-hydrogen) atoms. The third-order valence-electron chi connectivity index (χ3n) is 4.71. The second-order valence-electron chi connectivity index (χ2n) is 7.07. The van der Waals surface area contributed by atoms with Crippen LogP contribution in [0.4, 0.5) is 4.79 Å². The first-order valence-electron chi connectivity index (χ1n) is 8.47. The van der Waals surface area contributed by atoms with Crippen LogP contribution in [0.5, 0.6) is 0 Å². The third-order valence-corrected chi connectivity index (χ3v) is 4.71. The van der Waals surface area contributed by atoms with Gasteiger partial charge in [-0.05, 0) is 19.3 Å². The van der Waals surface area contributed by atoms with Gasteiger partial charge in [0.15, 0.2) is 0 Å². The molecule has 6 heteroatoms. The molecular formula is C18H31N3O3. The minimum absolute atomic E-state index is 0.165. The van der Waals surface area contributed by atoms with Crippen LogP contribution in [0, 0.1) is 11.3 Å². The van der Waals surface area contributed by atoms with Crippen molar-refractivity contribution in [1.82, 2.24) is 15.1 Å². The van der Waals surface area contributed by atoms with E-state index in [1.165, 1.54) is 0 Å². The number of likely N-dealkylation sites (tertiary alicyclic amines) is 1. The number of urea groups is 1. The van der Waals surface area contributed by atoms with Gasteiger partial charge in [0.2, 0.25) is 0 Å². The normalized spacial score (nSPS) is 21.8. The highest BCUT2D eigenvalue weighted by Gasteiger charge is 2.42. The standard InChI is InChI=1S/C18H31N3O3/c1-6-9-20(10-7-2)15(14(3)4)12-19-17(24)21-11-8-18(5,13-21)16(22)23/h6-7,14-15H,1-2,8-13H2,3-5H3,(H,19,24)(H,22,23). The molecule has 2 amide bonds. The number of carbonyl (C=O) groups excluding carboxylic acids is 1. The topological polar surface area (TPSA) is 72.9 Å². The van der Waals surface area contributed by atoms with E-state index in [1.807, 2.05) is 12.2 Å². The lowest BCUT2D eigenvalue weighted by atomic mass is 9.90. The fourth-order valence-corrected chi connectivity index (χ4v) is 3.08. The first kappa shape index (κ1) is 20.2. The molecule has 1 saturated heterocycles. The molecular weight excluding hydrogens is 306 g/mol. The van der Waals surface area contributed by atoms with E-state index in [4.69, 9.17) is 0 Å². The molecule has 0 spiro atoms. The summed E-state index contributed by atoms with van der Waals surface area (Å²) >= 11 is 0. The first-order valence-corrected chi connectivity index (χ1v) is 8.47. The van der Waals surface area contributed by atoms with Crippen LogP contribution in [0.3, 0.4) is 0 Å². The summed E-state index contributed by atoms with van der Waals surface area (Å²) in [6, 6.07) is -0.0267. The van der Waals surface area contributed by atoms with E-state index in [0.29, 0.717) is 25.4 Å². The van der Waals surface area contributed by atoms with Crippen LogP contribution in [-0.4, -0.2) is 65.7 Å². The molecule has 1 aliphatic rings. The van der Waals surface area contributed by atoms with Crippen molar-refractivity contribution in [3.05, 3.63) is 25.3 Å². The molecule has 0 aromatic heterocycles. The van der Waals surface area contributed by atoms with Gasteiger partial charge in [0.25, 0.3) is 0 Å². The van der Waals surface area contributed by atoms with Crippen molar-refractivity contribution < 1.29 is 14.7 Å². The van der Waals surface area contributed by atoms with Crippen molar-refractivity contribution in [3.8, 4) is 0 Å². The van der Waals surface area contributed by atoms with E-state index in [0.717, 1.165) is 13.1 Å². The van der Waals surface area contributed by atoms with Crippen molar-refractivity contribution in [2.45, 2.75) is 33.2 Å². The number of carboxylic acids is 1. The fourth-order valence-electron chi connectivity index (χ4n) is 3.08.